The number of carbonyl (C=O) groups is 1. The van der Waals surface area contributed by atoms with Crippen LogP contribution in [-0.4, -0.2) is 15.9 Å². The monoisotopic (exact) mass is 242 g/mol. The summed E-state index contributed by atoms with van der Waals surface area (Å²) in [6.45, 7) is 0.614. The second-order valence-electron chi connectivity index (χ2n) is 3.89. The van der Waals surface area contributed by atoms with Gasteiger partial charge in [0.15, 0.2) is 0 Å². The van der Waals surface area contributed by atoms with Gasteiger partial charge >= 0.3 is 0 Å². The molecule has 1 aromatic heterocycles. The molecular formula is C13H14N4O. The van der Waals surface area contributed by atoms with Crippen molar-refractivity contribution in [2.24, 2.45) is 5.73 Å². The summed E-state index contributed by atoms with van der Waals surface area (Å²) >= 11 is 0. The fourth-order valence-corrected chi connectivity index (χ4v) is 1.56. The van der Waals surface area contributed by atoms with E-state index in [2.05, 4.69) is 15.3 Å². The van der Waals surface area contributed by atoms with Crippen LogP contribution in [0.4, 0.5) is 5.69 Å². The zero-order chi connectivity index (χ0) is 12.8. The van der Waals surface area contributed by atoms with Crippen LogP contribution in [0.5, 0.6) is 0 Å². The van der Waals surface area contributed by atoms with Crippen LogP contribution in [0.3, 0.4) is 0 Å². The average Bonchev–Trinajstić information content (AvgIpc) is 2.38. The third-order valence-electron chi connectivity index (χ3n) is 2.42. The molecule has 3 N–H and O–H groups in total. The van der Waals surface area contributed by atoms with Crippen molar-refractivity contribution in [1.82, 2.24) is 9.97 Å². The number of rotatable bonds is 5. The molecule has 0 saturated carbocycles. The summed E-state index contributed by atoms with van der Waals surface area (Å²) in [6, 6.07) is 7.58. The molecule has 0 saturated heterocycles. The molecule has 92 valence electrons. The minimum Gasteiger partial charge on any atom is -0.379 e. The smallest absolute Gasteiger partial charge is 0.221 e. The molecule has 0 fully saturated rings. The Morgan fingerprint density at radius 2 is 2.00 bits per heavy atom. The van der Waals surface area contributed by atoms with Gasteiger partial charge < -0.3 is 11.1 Å². The average molecular weight is 242 g/mol. The van der Waals surface area contributed by atoms with E-state index < -0.39 is 0 Å². The van der Waals surface area contributed by atoms with E-state index in [1.807, 2.05) is 24.3 Å². The summed E-state index contributed by atoms with van der Waals surface area (Å²) in [6.07, 6.45) is 5.29. The molecule has 0 unspecified atom stereocenters. The fourth-order valence-electron chi connectivity index (χ4n) is 1.56. The minimum absolute atomic E-state index is 0.268. The molecule has 5 nitrogen and oxygen atoms in total. The van der Waals surface area contributed by atoms with Crippen LogP contribution >= 0.6 is 0 Å². The lowest BCUT2D eigenvalue weighted by atomic mass is 10.1. The lowest BCUT2D eigenvalue weighted by Crippen LogP contribution is -2.13. The van der Waals surface area contributed by atoms with Crippen molar-refractivity contribution in [3.05, 3.63) is 54.1 Å². The van der Waals surface area contributed by atoms with Crippen molar-refractivity contribution in [3.63, 3.8) is 0 Å². The van der Waals surface area contributed by atoms with Crippen LogP contribution in [-0.2, 0) is 17.8 Å². The number of aromatic nitrogens is 2. The van der Waals surface area contributed by atoms with Gasteiger partial charge in [-0.3, -0.25) is 14.8 Å². The molecule has 0 radical (unpaired) electrons. The summed E-state index contributed by atoms with van der Waals surface area (Å²) in [5.41, 5.74) is 7.88. The minimum atomic E-state index is -0.324. The van der Waals surface area contributed by atoms with Gasteiger partial charge in [0.2, 0.25) is 5.91 Å². The fraction of sp³-hybridized carbons (Fsp3) is 0.154. The molecule has 18 heavy (non-hydrogen) atoms. The molecule has 0 atom stereocenters. The second-order valence-corrected chi connectivity index (χ2v) is 3.89. The van der Waals surface area contributed by atoms with Crippen LogP contribution in [0, 0.1) is 0 Å². The van der Waals surface area contributed by atoms with Gasteiger partial charge in [-0.15, -0.1) is 0 Å². The molecular weight excluding hydrogens is 228 g/mol. The van der Waals surface area contributed by atoms with E-state index in [4.69, 9.17) is 5.73 Å². The van der Waals surface area contributed by atoms with E-state index in [9.17, 15) is 4.79 Å². The lowest BCUT2D eigenvalue weighted by Gasteiger charge is -2.06. The molecule has 2 rings (SSSR count). The Balaban J connectivity index is 1.92. The predicted molar refractivity (Wildman–Crippen MR) is 68.7 cm³/mol. The summed E-state index contributed by atoms with van der Waals surface area (Å²) < 4.78 is 0. The van der Waals surface area contributed by atoms with Crippen LogP contribution in [0.15, 0.2) is 42.9 Å². The van der Waals surface area contributed by atoms with Crippen molar-refractivity contribution in [2.75, 3.05) is 5.32 Å². The Morgan fingerprint density at radius 1 is 1.22 bits per heavy atom. The van der Waals surface area contributed by atoms with Gasteiger partial charge in [0.1, 0.15) is 0 Å². The number of amides is 1. The standard InChI is InChI=1S/C13H14N4O/c14-13(18)7-10-1-3-11(4-2-10)17-9-12-8-15-5-6-16-12/h1-6,8,17H,7,9H2,(H2,14,18). The highest BCUT2D eigenvalue weighted by Crippen LogP contribution is 2.10. The van der Waals surface area contributed by atoms with Crippen molar-refractivity contribution in [3.8, 4) is 0 Å². The Morgan fingerprint density at radius 3 is 2.61 bits per heavy atom. The van der Waals surface area contributed by atoms with E-state index in [1.54, 1.807) is 18.6 Å². The van der Waals surface area contributed by atoms with E-state index in [0.29, 0.717) is 6.54 Å². The number of benzene rings is 1. The zero-order valence-electron chi connectivity index (χ0n) is 9.84. The molecule has 1 aromatic carbocycles. The molecule has 0 aliphatic rings. The quantitative estimate of drug-likeness (QED) is 0.823. The highest BCUT2D eigenvalue weighted by molar-refractivity contribution is 5.76. The largest absolute Gasteiger partial charge is 0.379 e. The maximum absolute atomic E-state index is 10.8. The number of anilines is 1. The van der Waals surface area contributed by atoms with Crippen molar-refractivity contribution in [1.29, 1.82) is 0 Å². The Bertz CT molecular complexity index is 510. The molecule has 1 amide bonds. The van der Waals surface area contributed by atoms with Gasteiger partial charge in [0, 0.05) is 18.1 Å². The second kappa shape index (κ2) is 5.77. The van der Waals surface area contributed by atoms with Gasteiger partial charge in [0.05, 0.1) is 24.9 Å². The van der Waals surface area contributed by atoms with Gasteiger partial charge in [-0.05, 0) is 17.7 Å². The zero-order valence-corrected chi connectivity index (χ0v) is 9.84. The topological polar surface area (TPSA) is 80.9 Å². The maximum atomic E-state index is 10.8. The summed E-state index contributed by atoms with van der Waals surface area (Å²) in [5, 5.41) is 3.22. The van der Waals surface area contributed by atoms with Crippen LogP contribution in [0.25, 0.3) is 0 Å². The normalized spacial score (nSPS) is 10.0. The third kappa shape index (κ3) is 3.55. The van der Waals surface area contributed by atoms with Gasteiger partial charge in [-0.2, -0.15) is 0 Å². The summed E-state index contributed by atoms with van der Waals surface area (Å²) in [5.74, 6) is -0.324. The van der Waals surface area contributed by atoms with E-state index in [1.165, 1.54) is 0 Å². The summed E-state index contributed by atoms with van der Waals surface area (Å²) in [7, 11) is 0. The number of nitrogens with zero attached hydrogens (tertiary/aromatic N) is 2. The highest BCUT2D eigenvalue weighted by Gasteiger charge is 1.99. The number of hydrogen-bond donors (Lipinski definition) is 2. The van der Waals surface area contributed by atoms with E-state index in [-0.39, 0.29) is 12.3 Å². The SMILES string of the molecule is NC(=O)Cc1ccc(NCc2cnccn2)cc1. The lowest BCUT2D eigenvalue weighted by molar-refractivity contribution is -0.117. The first kappa shape index (κ1) is 12.0. The van der Waals surface area contributed by atoms with Gasteiger partial charge in [-0.1, -0.05) is 12.1 Å². The highest BCUT2D eigenvalue weighted by atomic mass is 16.1. The molecule has 0 aliphatic carbocycles. The molecule has 5 heteroatoms. The van der Waals surface area contributed by atoms with E-state index in [0.717, 1.165) is 16.9 Å². The molecule has 0 aliphatic heterocycles. The summed E-state index contributed by atoms with van der Waals surface area (Å²) in [4.78, 5) is 18.9. The Kier molecular flexibility index (Phi) is 3.86. The third-order valence-corrected chi connectivity index (χ3v) is 2.42. The van der Waals surface area contributed by atoms with Crippen molar-refractivity contribution >= 4 is 11.6 Å². The van der Waals surface area contributed by atoms with Crippen molar-refractivity contribution in [2.45, 2.75) is 13.0 Å². The number of primary amides is 1. The molecule has 0 spiro atoms. The van der Waals surface area contributed by atoms with E-state index >= 15 is 0 Å². The Labute approximate surface area is 105 Å². The van der Waals surface area contributed by atoms with Gasteiger partial charge in [0.25, 0.3) is 0 Å². The van der Waals surface area contributed by atoms with Gasteiger partial charge in [-0.25, -0.2) is 0 Å². The van der Waals surface area contributed by atoms with Crippen molar-refractivity contribution < 1.29 is 4.79 Å². The first-order valence-corrected chi connectivity index (χ1v) is 5.60. The first-order chi connectivity index (χ1) is 8.74. The number of hydrogen-bond acceptors (Lipinski definition) is 4. The van der Waals surface area contributed by atoms with Crippen LogP contribution in [0.2, 0.25) is 0 Å². The molecule has 2 aromatic rings. The maximum Gasteiger partial charge on any atom is 0.221 e. The molecule has 1 heterocycles. The van der Waals surface area contributed by atoms with Crippen LogP contribution < -0.4 is 11.1 Å². The number of carbonyl (C=O) groups excluding carboxylic acids is 1. The predicted octanol–water partition coefficient (Wildman–Crippen LogP) is 1.12. The Hall–Kier alpha value is -2.43. The van der Waals surface area contributed by atoms with Crippen LogP contribution in [0.1, 0.15) is 11.3 Å². The number of nitrogens with one attached hydrogen (secondary N) is 1. The molecule has 0 bridgehead atoms. The first-order valence-electron chi connectivity index (χ1n) is 5.60. The number of nitrogens with two attached hydrogens (primary N) is 1.